The summed E-state index contributed by atoms with van der Waals surface area (Å²) in [4.78, 5) is 0.130. The van der Waals surface area contributed by atoms with E-state index in [4.69, 9.17) is 4.74 Å². The lowest BCUT2D eigenvalue weighted by molar-refractivity contribution is 0.410. The molecule has 0 bridgehead atoms. The van der Waals surface area contributed by atoms with Gasteiger partial charge in [-0.3, -0.25) is 0 Å². The lowest BCUT2D eigenvalue weighted by Crippen LogP contribution is -2.13. The van der Waals surface area contributed by atoms with Crippen LogP contribution in [0.2, 0.25) is 0 Å². The number of hydrogen-bond acceptors (Lipinski definition) is 4. The average Bonchev–Trinajstić information content (AvgIpc) is 2.77. The molecule has 0 saturated heterocycles. The van der Waals surface area contributed by atoms with E-state index in [0.29, 0.717) is 15.9 Å². The molecule has 1 heterocycles. The van der Waals surface area contributed by atoms with E-state index in [-0.39, 0.29) is 4.90 Å². The molecular weight excluding hydrogens is 320 g/mol. The number of hydrogen-bond donors (Lipinski definition) is 0. The van der Waals surface area contributed by atoms with Gasteiger partial charge in [-0.25, -0.2) is 0 Å². The first-order chi connectivity index (χ1) is 8.45. The van der Waals surface area contributed by atoms with Crippen LogP contribution in [-0.4, -0.2) is 24.7 Å². The van der Waals surface area contributed by atoms with Crippen molar-refractivity contribution in [1.29, 1.82) is 0 Å². The summed E-state index contributed by atoms with van der Waals surface area (Å²) in [7, 11) is -2.18. The summed E-state index contributed by atoms with van der Waals surface area (Å²) in [5.41, 5.74) is 0.641. The number of aryl methyl sites for hydroxylation is 1. The molecule has 2 aromatic rings. The van der Waals surface area contributed by atoms with E-state index in [9.17, 15) is 8.42 Å². The summed E-state index contributed by atoms with van der Waals surface area (Å²) in [6.07, 6.45) is 1.42. The van der Waals surface area contributed by atoms with E-state index in [1.54, 1.807) is 19.1 Å². The fourth-order valence-corrected chi connectivity index (χ4v) is 3.01. The summed E-state index contributed by atoms with van der Waals surface area (Å²) < 4.78 is 31.2. The molecular formula is C11H11BrN2O3S. The van der Waals surface area contributed by atoms with Crippen LogP contribution in [0.3, 0.4) is 0 Å². The quantitative estimate of drug-likeness (QED) is 0.865. The van der Waals surface area contributed by atoms with Crippen molar-refractivity contribution in [3.8, 4) is 5.75 Å². The van der Waals surface area contributed by atoms with Crippen molar-refractivity contribution < 1.29 is 13.2 Å². The fraction of sp³-hybridized carbons (Fsp3) is 0.182. The van der Waals surface area contributed by atoms with Crippen LogP contribution in [0, 0.1) is 6.92 Å². The number of nitrogens with zero attached hydrogens (tertiary/aromatic N) is 2. The first kappa shape index (κ1) is 13.1. The fourth-order valence-electron chi connectivity index (χ4n) is 1.44. The van der Waals surface area contributed by atoms with E-state index in [0.717, 1.165) is 4.09 Å². The lowest BCUT2D eigenvalue weighted by atomic mass is 10.3. The third-order valence-electron chi connectivity index (χ3n) is 2.37. The Morgan fingerprint density at radius 3 is 2.61 bits per heavy atom. The summed E-state index contributed by atoms with van der Waals surface area (Å²) in [6.45, 7) is 1.73. The van der Waals surface area contributed by atoms with Gasteiger partial charge in [0.1, 0.15) is 5.75 Å². The molecule has 1 aromatic heterocycles. The number of rotatable bonds is 3. The Morgan fingerprint density at radius 1 is 1.33 bits per heavy atom. The molecule has 0 aliphatic carbocycles. The number of aromatic nitrogens is 2. The van der Waals surface area contributed by atoms with Gasteiger partial charge in [-0.2, -0.15) is 17.6 Å². The second-order valence-corrected chi connectivity index (χ2v) is 6.28. The SMILES string of the molecule is COc1cc(S(=O)(=O)n2ccc(C)n2)ccc1Br. The summed E-state index contributed by atoms with van der Waals surface area (Å²) in [6, 6.07) is 6.21. The van der Waals surface area contributed by atoms with Crippen molar-refractivity contribution in [2.45, 2.75) is 11.8 Å². The zero-order valence-electron chi connectivity index (χ0n) is 9.79. The zero-order chi connectivity index (χ0) is 13.3. The van der Waals surface area contributed by atoms with Crippen LogP contribution in [-0.2, 0) is 10.0 Å². The van der Waals surface area contributed by atoms with Gasteiger partial charge in [0.05, 0.1) is 22.2 Å². The maximum atomic E-state index is 12.3. The Balaban J connectivity index is 2.54. The van der Waals surface area contributed by atoms with Gasteiger partial charge in [0, 0.05) is 12.3 Å². The largest absolute Gasteiger partial charge is 0.496 e. The maximum Gasteiger partial charge on any atom is 0.283 e. The molecule has 0 atom stereocenters. The summed E-state index contributed by atoms with van der Waals surface area (Å²) >= 11 is 3.28. The first-order valence-corrected chi connectivity index (χ1v) is 7.30. The number of halogens is 1. The Kier molecular flexibility index (Phi) is 3.45. The van der Waals surface area contributed by atoms with E-state index in [1.807, 2.05) is 0 Å². The smallest absolute Gasteiger partial charge is 0.283 e. The average molecular weight is 331 g/mol. The van der Waals surface area contributed by atoms with Gasteiger partial charge in [-0.1, -0.05) is 0 Å². The van der Waals surface area contributed by atoms with Gasteiger partial charge < -0.3 is 4.74 Å². The van der Waals surface area contributed by atoms with Gasteiger partial charge in [-0.15, -0.1) is 0 Å². The van der Waals surface area contributed by atoms with E-state index >= 15 is 0 Å². The van der Waals surface area contributed by atoms with Gasteiger partial charge in [0.15, 0.2) is 0 Å². The maximum absolute atomic E-state index is 12.3. The Labute approximate surface area is 114 Å². The molecule has 0 spiro atoms. The highest BCUT2D eigenvalue weighted by Gasteiger charge is 2.19. The van der Waals surface area contributed by atoms with Crippen LogP contribution in [0.1, 0.15) is 5.69 Å². The molecule has 0 radical (unpaired) electrons. The molecule has 0 saturated carbocycles. The van der Waals surface area contributed by atoms with Crippen LogP contribution in [0.15, 0.2) is 39.8 Å². The molecule has 5 nitrogen and oxygen atoms in total. The molecule has 96 valence electrons. The minimum atomic E-state index is -3.66. The summed E-state index contributed by atoms with van der Waals surface area (Å²) in [5.74, 6) is 0.458. The highest BCUT2D eigenvalue weighted by molar-refractivity contribution is 9.10. The van der Waals surface area contributed by atoms with Crippen molar-refractivity contribution >= 4 is 26.0 Å². The minimum absolute atomic E-state index is 0.130. The van der Waals surface area contributed by atoms with Crippen LogP contribution in [0.4, 0.5) is 0 Å². The van der Waals surface area contributed by atoms with E-state index in [2.05, 4.69) is 21.0 Å². The molecule has 18 heavy (non-hydrogen) atoms. The predicted octanol–water partition coefficient (Wildman–Crippen LogP) is 2.20. The van der Waals surface area contributed by atoms with Gasteiger partial charge in [0.2, 0.25) is 0 Å². The molecule has 0 fully saturated rings. The summed E-state index contributed by atoms with van der Waals surface area (Å²) in [5, 5.41) is 3.91. The minimum Gasteiger partial charge on any atom is -0.496 e. The molecule has 7 heteroatoms. The second-order valence-electron chi connectivity index (χ2n) is 3.63. The Hall–Kier alpha value is -1.34. The number of benzene rings is 1. The van der Waals surface area contributed by atoms with Gasteiger partial charge in [-0.05, 0) is 41.1 Å². The van der Waals surface area contributed by atoms with Gasteiger partial charge >= 0.3 is 0 Å². The Morgan fingerprint density at radius 2 is 2.06 bits per heavy atom. The normalized spacial score (nSPS) is 11.5. The highest BCUT2D eigenvalue weighted by Crippen LogP contribution is 2.28. The first-order valence-electron chi connectivity index (χ1n) is 5.06. The van der Waals surface area contributed by atoms with Crippen LogP contribution >= 0.6 is 15.9 Å². The zero-order valence-corrected chi connectivity index (χ0v) is 12.2. The molecule has 0 aliphatic heterocycles. The molecule has 2 rings (SSSR count). The van der Waals surface area contributed by atoms with E-state index in [1.165, 1.54) is 25.4 Å². The van der Waals surface area contributed by atoms with Crippen LogP contribution in [0.5, 0.6) is 5.75 Å². The van der Waals surface area contributed by atoms with Crippen molar-refractivity contribution in [1.82, 2.24) is 9.19 Å². The monoisotopic (exact) mass is 330 g/mol. The molecule has 0 aliphatic rings. The molecule has 1 aromatic carbocycles. The topological polar surface area (TPSA) is 61.2 Å². The van der Waals surface area contributed by atoms with Crippen LogP contribution in [0.25, 0.3) is 0 Å². The second kappa shape index (κ2) is 4.74. The third kappa shape index (κ3) is 2.28. The molecule has 0 N–H and O–H groups in total. The predicted molar refractivity (Wildman–Crippen MR) is 70.2 cm³/mol. The van der Waals surface area contributed by atoms with Crippen molar-refractivity contribution in [2.75, 3.05) is 7.11 Å². The Bertz CT molecular complexity index is 679. The van der Waals surface area contributed by atoms with E-state index < -0.39 is 10.0 Å². The van der Waals surface area contributed by atoms with Crippen molar-refractivity contribution in [3.63, 3.8) is 0 Å². The number of ether oxygens (including phenoxy) is 1. The molecule has 0 amide bonds. The third-order valence-corrected chi connectivity index (χ3v) is 4.57. The lowest BCUT2D eigenvalue weighted by Gasteiger charge is -2.07. The number of methoxy groups -OCH3 is 1. The van der Waals surface area contributed by atoms with Crippen LogP contribution < -0.4 is 4.74 Å². The standard InChI is InChI=1S/C11H11BrN2O3S/c1-8-5-6-14(13-8)18(15,16)9-3-4-10(12)11(7-9)17-2/h3-7H,1-2H3. The van der Waals surface area contributed by atoms with Crippen molar-refractivity contribution in [2.24, 2.45) is 0 Å². The van der Waals surface area contributed by atoms with Gasteiger partial charge in [0.25, 0.3) is 10.0 Å². The van der Waals surface area contributed by atoms with Crippen molar-refractivity contribution in [3.05, 3.63) is 40.6 Å². The molecule has 0 unspecified atom stereocenters. The highest BCUT2D eigenvalue weighted by atomic mass is 79.9.